The summed E-state index contributed by atoms with van der Waals surface area (Å²) in [6.07, 6.45) is 9.93. The molecule has 32 heavy (non-hydrogen) atoms. The van der Waals surface area contributed by atoms with Gasteiger partial charge in [-0.3, -0.25) is 0 Å². The van der Waals surface area contributed by atoms with Gasteiger partial charge in [0.25, 0.3) is 0 Å². The monoisotopic (exact) mass is 493 g/mol. The van der Waals surface area contributed by atoms with Gasteiger partial charge in [0, 0.05) is 41.7 Å². The lowest BCUT2D eigenvalue weighted by Crippen LogP contribution is -2.34. The molecule has 0 spiro atoms. The summed E-state index contributed by atoms with van der Waals surface area (Å²) in [5.74, 6) is 1.30. The third-order valence-corrected chi connectivity index (χ3v) is 6.28. The summed E-state index contributed by atoms with van der Waals surface area (Å²) in [5.41, 5.74) is 9.34. The van der Waals surface area contributed by atoms with Gasteiger partial charge in [-0.1, -0.05) is 18.2 Å². The molecule has 4 heterocycles. The number of hydrogen-bond donors (Lipinski definition) is 1. The van der Waals surface area contributed by atoms with E-state index in [1.807, 2.05) is 23.7 Å². The first-order valence-corrected chi connectivity index (χ1v) is 11.0. The van der Waals surface area contributed by atoms with Crippen LogP contribution in [0, 0.1) is 5.82 Å². The highest BCUT2D eigenvalue weighted by Gasteiger charge is 2.25. The minimum absolute atomic E-state index is 0.290. The molecule has 1 atom stereocenters. The van der Waals surface area contributed by atoms with E-state index < -0.39 is 5.54 Å². The van der Waals surface area contributed by atoms with Crippen molar-refractivity contribution < 1.29 is 4.39 Å². The van der Waals surface area contributed by atoms with E-state index in [1.165, 1.54) is 12.1 Å². The van der Waals surface area contributed by atoms with Gasteiger partial charge in [-0.2, -0.15) is 5.10 Å². The van der Waals surface area contributed by atoms with Crippen molar-refractivity contribution in [2.45, 2.75) is 18.9 Å². The van der Waals surface area contributed by atoms with Crippen molar-refractivity contribution in [1.29, 1.82) is 0 Å². The zero-order chi connectivity index (χ0) is 22.3. The summed E-state index contributed by atoms with van der Waals surface area (Å²) >= 11 is 3.50. The van der Waals surface area contributed by atoms with Crippen molar-refractivity contribution in [2.24, 2.45) is 5.73 Å². The molecule has 1 aromatic carbocycles. The van der Waals surface area contributed by atoms with Crippen LogP contribution in [0.2, 0.25) is 0 Å². The van der Waals surface area contributed by atoms with E-state index in [9.17, 15) is 4.39 Å². The summed E-state index contributed by atoms with van der Waals surface area (Å²) in [6.45, 7) is 3.38. The topological polar surface area (TPSA) is 85.2 Å². The predicted octanol–water partition coefficient (Wildman–Crippen LogP) is 3.94. The molecule has 9 heteroatoms. The number of halogens is 2. The van der Waals surface area contributed by atoms with Crippen LogP contribution in [-0.2, 0) is 5.54 Å². The normalized spacial score (nSPS) is 16.1. The fourth-order valence-corrected chi connectivity index (χ4v) is 4.33. The molecule has 0 saturated carbocycles. The number of fused-ring (bicyclic) bond motifs is 1. The van der Waals surface area contributed by atoms with Crippen molar-refractivity contribution in [2.75, 3.05) is 18.0 Å². The van der Waals surface area contributed by atoms with Crippen LogP contribution in [0.1, 0.15) is 30.3 Å². The minimum Gasteiger partial charge on any atom is -0.351 e. The third-order valence-electron chi connectivity index (χ3n) is 5.84. The Balaban J connectivity index is 1.35. The third kappa shape index (κ3) is 3.78. The van der Waals surface area contributed by atoms with E-state index >= 15 is 0 Å². The number of aromatic nitrogens is 5. The molecule has 0 bridgehead atoms. The molecular formula is C23H21BrFN7. The number of nitrogens with two attached hydrogens (primary N) is 1. The summed E-state index contributed by atoms with van der Waals surface area (Å²) in [7, 11) is 0. The van der Waals surface area contributed by atoms with E-state index in [2.05, 4.69) is 47.0 Å². The average Bonchev–Trinajstić information content (AvgIpc) is 3.20. The van der Waals surface area contributed by atoms with Crippen LogP contribution in [0.5, 0.6) is 0 Å². The Labute approximate surface area is 193 Å². The Morgan fingerprint density at radius 1 is 1.09 bits per heavy atom. The zero-order valence-electron chi connectivity index (χ0n) is 17.4. The highest BCUT2D eigenvalue weighted by Crippen LogP contribution is 2.29. The highest BCUT2D eigenvalue weighted by molar-refractivity contribution is 9.10. The summed E-state index contributed by atoms with van der Waals surface area (Å²) in [5, 5.41) is 4.26. The lowest BCUT2D eigenvalue weighted by Gasteiger charge is -2.28. The van der Waals surface area contributed by atoms with Gasteiger partial charge in [-0.25, -0.2) is 23.9 Å². The summed E-state index contributed by atoms with van der Waals surface area (Å²) < 4.78 is 16.0. The average molecular weight is 494 g/mol. The molecule has 1 aliphatic rings. The Morgan fingerprint density at radius 3 is 2.53 bits per heavy atom. The number of benzene rings is 1. The van der Waals surface area contributed by atoms with E-state index in [0.717, 1.165) is 45.5 Å². The van der Waals surface area contributed by atoms with Crippen LogP contribution < -0.4 is 10.6 Å². The van der Waals surface area contributed by atoms with Gasteiger partial charge < -0.3 is 10.6 Å². The van der Waals surface area contributed by atoms with Crippen molar-refractivity contribution in [1.82, 2.24) is 24.6 Å². The largest absolute Gasteiger partial charge is 0.351 e. The van der Waals surface area contributed by atoms with Crippen molar-refractivity contribution in [3.05, 3.63) is 88.6 Å². The standard InChI is InChI=1S/C23H21BrFN7/c1-23(26,16-2-4-19(25)5-3-16)17-11-27-21(28-12-17)15-6-8-31(9-7-15)22-20-10-18(24)13-32(20)30-14-29-22/h2-6,10-14H,7-9,26H2,1H3/t23-/m0/s1. The first kappa shape index (κ1) is 20.7. The molecule has 0 saturated heterocycles. The molecule has 0 fully saturated rings. The SMILES string of the molecule is C[C@](N)(c1ccc(F)cc1)c1cnc(C2=CCN(c3ncnn4cc(Br)cc34)CC2)nc1. The van der Waals surface area contributed by atoms with Crippen molar-refractivity contribution in [3.63, 3.8) is 0 Å². The molecule has 0 aliphatic carbocycles. The molecule has 0 radical (unpaired) electrons. The molecule has 0 amide bonds. The predicted molar refractivity (Wildman–Crippen MR) is 125 cm³/mol. The smallest absolute Gasteiger partial charge is 0.156 e. The lowest BCUT2D eigenvalue weighted by molar-refractivity contribution is 0.588. The highest BCUT2D eigenvalue weighted by atomic mass is 79.9. The second-order valence-electron chi connectivity index (χ2n) is 8.00. The Hall–Kier alpha value is -3.17. The van der Waals surface area contributed by atoms with Gasteiger partial charge >= 0.3 is 0 Å². The molecule has 3 aromatic heterocycles. The first-order valence-electron chi connectivity index (χ1n) is 10.2. The summed E-state index contributed by atoms with van der Waals surface area (Å²) in [6, 6.07) is 8.21. The fraction of sp³-hybridized carbons (Fsp3) is 0.217. The van der Waals surface area contributed by atoms with Crippen LogP contribution in [0.4, 0.5) is 10.2 Å². The molecule has 7 nitrogen and oxygen atoms in total. The van der Waals surface area contributed by atoms with Crippen LogP contribution >= 0.6 is 15.9 Å². The van der Waals surface area contributed by atoms with E-state index in [-0.39, 0.29) is 5.82 Å². The van der Waals surface area contributed by atoms with Gasteiger partial charge in [-0.15, -0.1) is 0 Å². The zero-order valence-corrected chi connectivity index (χ0v) is 19.0. The van der Waals surface area contributed by atoms with Gasteiger partial charge in [0.05, 0.1) is 5.54 Å². The number of hydrogen-bond acceptors (Lipinski definition) is 6. The molecule has 4 aromatic rings. The number of nitrogens with zero attached hydrogens (tertiary/aromatic N) is 6. The van der Waals surface area contributed by atoms with Crippen LogP contribution in [-0.4, -0.2) is 37.7 Å². The number of rotatable bonds is 4. The second kappa shape index (κ2) is 8.07. The van der Waals surface area contributed by atoms with Crippen LogP contribution in [0.25, 0.3) is 11.1 Å². The Kier molecular flexibility index (Phi) is 5.22. The minimum atomic E-state index is -0.812. The Bertz CT molecular complexity index is 1300. The van der Waals surface area contributed by atoms with Gasteiger partial charge in [0.15, 0.2) is 11.6 Å². The molecule has 5 rings (SSSR count). The fourth-order valence-electron chi connectivity index (χ4n) is 3.92. The Morgan fingerprint density at radius 2 is 1.84 bits per heavy atom. The van der Waals surface area contributed by atoms with E-state index in [0.29, 0.717) is 12.4 Å². The maximum absolute atomic E-state index is 13.3. The van der Waals surface area contributed by atoms with Crippen molar-refractivity contribution in [3.8, 4) is 0 Å². The summed E-state index contributed by atoms with van der Waals surface area (Å²) in [4.78, 5) is 15.9. The first-order chi connectivity index (χ1) is 15.4. The second-order valence-corrected chi connectivity index (χ2v) is 8.92. The molecule has 2 N–H and O–H groups in total. The lowest BCUT2D eigenvalue weighted by atomic mass is 9.87. The maximum Gasteiger partial charge on any atom is 0.156 e. The van der Waals surface area contributed by atoms with Gasteiger partial charge in [-0.05, 0) is 58.6 Å². The van der Waals surface area contributed by atoms with Crippen molar-refractivity contribution >= 4 is 32.8 Å². The van der Waals surface area contributed by atoms with Gasteiger partial charge in [0.2, 0.25) is 0 Å². The van der Waals surface area contributed by atoms with E-state index in [4.69, 9.17) is 5.73 Å². The maximum atomic E-state index is 13.3. The van der Waals surface area contributed by atoms with Crippen LogP contribution in [0.15, 0.2) is 65.8 Å². The quantitative estimate of drug-likeness (QED) is 0.463. The number of anilines is 1. The van der Waals surface area contributed by atoms with Gasteiger partial charge in [0.1, 0.15) is 17.7 Å². The van der Waals surface area contributed by atoms with Crippen LogP contribution in [0.3, 0.4) is 0 Å². The molecule has 0 unspecified atom stereocenters. The molecule has 1 aliphatic heterocycles. The van der Waals surface area contributed by atoms with E-state index in [1.54, 1.807) is 30.9 Å². The molecular weight excluding hydrogens is 473 g/mol. The molecule has 162 valence electrons.